The topological polar surface area (TPSA) is 66.0 Å². The molecule has 0 saturated heterocycles. The van der Waals surface area contributed by atoms with Crippen molar-refractivity contribution in [2.24, 2.45) is 0 Å². The number of anilines is 1. The Morgan fingerprint density at radius 3 is 2.58 bits per heavy atom. The fourth-order valence-corrected chi connectivity index (χ4v) is 2.66. The second-order valence-corrected chi connectivity index (χ2v) is 6.16. The molecule has 0 fully saturated rings. The number of para-hydroxylation sites is 1. The predicted octanol–water partition coefficient (Wildman–Crippen LogP) is 5.80. The maximum absolute atomic E-state index is 12.2. The Hall–Kier alpha value is -3.00. The smallest absolute Gasteiger partial charge is 0.266 e. The maximum Gasteiger partial charge on any atom is 0.266 e. The molecule has 3 rings (SSSR count). The number of nitriles is 1. The van der Waals surface area contributed by atoms with E-state index in [0.717, 1.165) is 0 Å². The van der Waals surface area contributed by atoms with E-state index in [-0.39, 0.29) is 5.57 Å². The van der Waals surface area contributed by atoms with Crippen LogP contribution in [0.25, 0.3) is 17.4 Å². The molecule has 0 saturated carbocycles. The summed E-state index contributed by atoms with van der Waals surface area (Å²) in [6.45, 7) is 0. The van der Waals surface area contributed by atoms with Crippen molar-refractivity contribution in [3.05, 3.63) is 82.0 Å². The number of benzene rings is 2. The van der Waals surface area contributed by atoms with Gasteiger partial charge >= 0.3 is 0 Å². The zero-order valence-corrected chi connectivity index (χ0v) is 14.9. The molecule has 1 aromatic heterocycles. The standard InChI is InChI=1S/C20H12Cl2N2O2/c21-14-6-8-18(22)17(11-14)19-9-7-16(26-19)10-13(12-23)20(25)24-15-4-2-1-3-5-15/h1-11H,(H,24,25). The predicted molar refractivity (Wildman–Crippen MR) is 103 cm³/mol. The average molecular weight is 383 g/mol. The maximum atomic E-state index is 12.2. The van der Waals surface area contributed by atoms with Gasteiger partial charge in [-0.1, -0.05) is 41.4 Å². The van der Waals surface area contributed by atoms with E-state index < -0.39 is 5.91 Å². The summed E-state index contributed by atoms with van der Waals surface area (Å²) in [5.74, 6) is 0.331. The highest BCUT2D eigenvalue weighted by Gasteiger charge is 2.13. The molecule has 128 valence electrons. The molecule has 3 aromatic rings. The molecule has 6 heteroatoms. The second-order valence-electron chi connectivity index (χ2n) is 5.32. The lowest BCUT2D eigenvalue weighted by Gasteiger charge is -2.03. The number of nitrogens with zero attached hydrogens (tertiary/aromatic N) is 1. The number of furan rings is 1. The monoisotopic (exact) mass is 382 g/mol. The lowest BCUT2D eigenvalue weighted by atomic mass is 10.2. The van der Waals surface area contributed by atoms with Gasteiger partial charge in [0.15, 0.2) is 0 Å². The van der Waals surface area contributed by atoms with E-state index in [1.165, 1.54) is 6.08 Å². The summed E-state index contributed by atoms with van der Waals surface area (Å²) in [5, 5.41) is 13.0. The van der Waals surface area contributed by atoms with Crippen LogP contribution in [0.4, 0.5) is 5.69 Å². The summed E-state index contributed by atoms with van der Waals surface area (Å²) < 4.78 is 5.69. The Balaban J connectivity index is 1.84. The highest BCUT2D eigenvalue weighted by atomic mass is 35.5. The third-order valence-electron chi connectivity index (χ3n) is 3.50. The Kier molecular flexibility index (Phi) is 5.43. The molecule has 2 aromatic carbocycles. The van der Waals surface area contributed by atoms with Crippen molar-refractivity contribution in [1.82, 2.24) is 0 Å². The first-order valence-corrected chi connectivity index (χ1v) is 8.36. The van der Waals surface area contributed by atoms with E-state index in [9.17, 15) is 10.1 Å². The van der Waals surface area contributed by atoms with Crippen LogP contribution in [-0.2, 0) is 4.79 Å². The average Bonchev–Trinajstić information content (AvgIpc) is 3.11. The first-order chi connectivity index (χ1) is 12.6. The Morgan fingerprint density at radius 2 is 1.85 bits per heavy atom. The molecule has 1 N–H and O–H groups in total. The number of hydrogen-bond donors (Lipinski definition) is 1. The van der Waals surface area contributed by atoms with Crippen molar-refractivity contribution in [1.29, 1.82) is 5.26 Å². The fourth-order valence-electron chi connectivity index (χ4n) is 2.27. The molecule has 0 radical (unpaired) electrons. The molecule has 0 atom stereocenters. The van der Waals surface area contributed by atoms with Gasteiger partial charge in [-0.25, -0.2) is 0 Å². The number of carbonyl (C=O) groups excluding carboxylic acids is 1. The Morgan fingerprint density at radius 1 is 1.08 bits per heavy atom. The summed E-state index contributed by atoms with van der Waals surface area (Å²) >= 11 is 12.2. The molecule has 26 heavy (non-hydrogen) atoms. The number of carbonyl (C=O) groups is 1. The van der Waals surface area contributed by atoms with E-state index in [4.69, 9.17) is 27.6 Å². The minimum Gasteiger partial charge on any atom is -0.457 e. The lowest BCUT2D eigenvalue weighted by Crippen LogP contribution is -2.13. The quantitative estimate of drug-likeness (QED) is 0.457. The molecular formula is C20H12Cl2N2O2. The highest BCUT2D eigenvalue weighted by molar-refractivity contribution is 6.35. The molecule has 0 bridgehead atoms. The molecule has 0 spiro atoms. The summed E-state index contributed by atoms with van der Waals surface area (Å²) in [6, 6.07) is 19.2. The van der Waals surface area contributed by atoms with Gasteiger partial charge in [0.2, 0.25) is 0 Å². The van der Waals surface area contributed by atoms with E-state index >= 15 is 0 Å². The normalized spacial score (nSPS) is 11.0. The van der Waals surface area contributed by atoms with Gasteiger partial charge in [0.05, 0.1) is 5.02 Å². The van der Waals surface area contributed by atoms with Crippen LogP contribution in [0.1, 0.15) is 5.76 Å². The van der Waals surface area contributed by atoms with Gasteiger partial charge in [0.1, 0.15) is 23.2 Å². The van der Waals surface area contributed by atoms with Crippen molar-refractivity contribution in [2.45, 2.75) is 0 Å². The van der Waals surface area contributed by atoms with Crippen molar-refractivity contribution in [3.8, 4) is 17.4 Å². The molecular weight excluding hydrogens is 371 g/mol. The van der Waals surface area contributed by atoms with Crippen LogP contribution >= 0.6 is 23.2 Å². The molecule has 0 aliphatic rings. The van der Waals surface area contributed by atoms with E-state index in [2.05, 4.69) is 5.32 Å². The molecule has 1 amide bonds. The van der Waals surface area contributed by atoms with Crippen LogP contribution < -0.4 is 5.32 Å². The van der Waals surface area contributed by atoms with Gasteiger partial charge in [0.25, 0.3) is 5.91 Å². The van der Waals surface area contributed by atoms with E-state index in [1.807, 2.05) is 12.1 Å². The van der Waals surface area contributed by atoms with Crippen LogP contribution in [0.2, 0.25) is 10.0 Å². The van der Waals surface area contributed by atoms with Crippen LogP contribution in [0.5, 0.6) is 0 Å². The summed E-state index contributed by atoms with van der Waals surface area (Å²) in [5.41, 5.74) is 1.16. The van der Waals surface area contributed by atoms with Crippen molar-refractivity contribution in [3.63, 3.8) is 0 Å². The number of hydrogen-bond acceptors (Lipinski definition) is 3. The van der Waals surface area contributed by atoms with Gasteiger partial charge in [-0.2, -0.15) is 5.26 Å². The van der Waals surface area contributed by atoms with Crippen LogP contribution in [0.3, 0.4) is 0 Å². The van der Waals surface area contributed by atoms with Gasteiger partial charge in [-0.05, 0) is 42.5 Å². The zero-order valence-electron chi connectivity index (χ0n) is 13.4. The zero-order chi connectivity index (χ0) is 18.5. The number of amides is 1. The molecule has 0 unspecified atom stereocenters. The Labute approximate surface area is 160 Å². The first-order valence-electron chi connectivity index (χ1n) is 7.60. The highest BCUT2D eigenvalue weighted by Crippen LogP contribution is 2.32. The summed E-state index contributed by atoms with van der Waals surface area (Å²) in [4.78, 5) is 12.2. The number of halogens is 2. The van der Waals surface area contributed by atoms with E-state index in [1.54, 1.807) is 54.6 Å². The fraction of sp³-hybridized carbons (Fsp3) is 0. The lowest BCUT2D eigenvalue weighted by molar-refractivity contribution is -0.112. The summed E-state index contributed by atoms with van der Waals surface area (Å²) in [7, 11) is 0. The van der Waals surface area contributed by atoms with Crippen molar-refractivity contribution >= 4 is 40.9 Å². The van der Waals surface area contributed by atoms with Gasteiger partial charge < -0.3 is 9.73 Å². The number of rotatable bonds is 4. The molecule has 4 nitrogen and oxygen atoms in total. The largest absolute Gasteiger partial charge is 0.457 e. The van der Waals surface area contributed by atoms with Crippen LogP contribution in [-0.4, -0.2) is 5.91 Å². The molecule has 0 aliphatic carbocycles. The minimum atomic E-state index is -0.516. The molecule has 0 aliphatic heterocycles. The summed E-state index contributed by atoms with van der Waals surface area (Å²) in [6.07, 6.45) is 1.38. The van der Waals surface area contributed by atoms with Gasteiger partial charge in [-0.3, -0.25) is 4.79 Å². The van der Waals surface area contributed by atoms with E-state index in [0.29, 0.717) is 32.8 Å². The molecule has 1 heterocycles. The van der Waals surface area contributed by atoms with Crippen LogP contribution in [0, 0.1) is 11.3 Å². The van der Waals surface area contributed by atoms with Crippen molar-refractivity contribution in [2.75, 3.05) is 5.32 Å². The van der Waals surface area contributed by atoms with Crippen LogP contribution in [0.15, 0.2) is 70.7 Å². The Bertz CT molecular complexity index is 1020. The first kappa shape index (κ1) is 17.8. The second kappa shape index (κ2) is 7.92. The van der Waals surface area contributed by atoms with Gasteiger partial charge in [0, 0.05) is 22.3 Å². The number of nitrogens with one attached hydrogen (secondary N) is 1. The third-order valence-corrected chi connectivity index (χ3v) is 4.07. The SMILES string of the molecule is N#CC(=Cc1ccc(-c2cc(Cl)ccc2Cl)o1)C(=O)Nc1ccccc1. The van der Waals surface area contributed by atoms with Crippen molar-refractivity contribution < 1.29 is 9.21 Å². The third kappa shape index (κ3) is 4.15. The minimum absolute atomic E-state index is 0.0769. The van der Waals surface area contributed by atoms with Gasteiger partial charge in [-0.15, -0.1) is 0 Å².